The second kappa shape index (κ2) is 8.72. The average Bonchev–Trinajstić information content (AvgIpc) is 3.11. The lowest BCUT2D eigenvalue weighted by Gasteiger charge is -2.55. The van der Waals surface area contributed by atoms with Crippen molar-refractivity contribution in [3.63, 3.8) is 0 Å². The predicted octanol–water partition coefficient (Wildman–Crippen LogP) is 5.37. The summed E-state index contributed by atoms with van der Waals surface area (Å²) < 4.78 is 0. The maximum atomic E-state index is 13.8. The van der Waals surface area contributed by atoms with Crippen LogP contribution in [0.2, 0.25) is 0 Å². The highest BCUT2D eigenvalue weighted by atomic mass is 16.4. The highest BCUT2D eigenvalue weighted by Gasteiger charge is 2.61. The van der Waals surface area contributed by atoms with Crippen molar-refractivity contribution in [3.8, 4) is 0 Å². The van der Waals surface area contributed by atoms with E-state index in [0.29, 0.717) is 43.9 Å². The summed E-state index contributed by atoms with van der Waals surface area (Å²) in [6, 6.07) is 0. The van der Waals surface area contributed by atoms with E-state index >= 15 is 0 Å². The molecule has 0 amide bonds. The second-order valence-corrected chi connectivity index (χ2v) is 12.4. The molecule has 0 heterocycles. The van der Waals surface area contributed by atoms with Crippen LogP contribution < -0.4 is 0 Å². The van der Waals surface area contributed by atoms with E-state index in [9.17, 15) is 24.6 Å². The lowest BCUT2D eigenvalue weighted by atomic mass is 9.48. The van der Waals surface area contributed by atoms with Crippen LogP contribution in [0.1, 0.15) is 86.0 Å². The average molecular weight is 471 g/mol. The Hall–Kier alpha value is -1.75. The minimum absolute atomic E-state index is 0.0363. The fourth-order valence-corrected chi connectivity index (χ4v) is 8.50. The van der Waals surface area contributed by atoms with Crippen LogP contribution in [0, 0.1) is 46.3 Å². The molecule has 0 radical (unpaired) electrons. The van der Waals surface area contributed by atoms with E-state index in [1.165, 1.54) is 0 Å². The number of carbonyl (C=O) groups is 3. The Morgan fingerprint density at radius 3 is 2.53 bits per heavy atom. The SMILES string of the molecule is C=C(CC[C@@H](C)[C@H]1CC[C@H]2C3=C(C(=O)C[C@]12C)[C@@]1(C)CCC(=O)[C@@H](C)[C@@H]1C[C@@H]3O)C(C)C(=O)O. The predicted molar refractivity (Wildman–Crippen MR) is 131 cm³/mol. The van der Waals surface area contributed by atoms with Gasteiger partial charge in [-0.2, -0.15) is 0 Å². The van der Waals surface area contributed by atoms with Crippen LogP contribution in [0.25, 0.3) is 0 Å². The molecule has 4 aliphatic rings. The molecule has 4 aliphatic carbocycles. The van der Waals surface area contributed by atoms with Crippen molar-refractivity contribution in [1.82, 2.24) is 0 Å². The Balaban J connectivity index is 1.61. The lowest BCUT2D eigenvalue weighted by Crippen LogP contribution is -2.54. The van der Waals surface area contributed by atoms with Crippen LogP contribution >= 0.6 is 0 Å². The Kier molecular flexibility index (Phi) is 6.50. The maximum Gasteiger partial charge on any atom is 0.310 e. The Morgan fingerprint density at radius 1 is 1.21 bits per heavy atom. The topological polar surface area (TPSA) is 91.7 Å². The van der Waals surface area contributed by atoms with E-state index < -0.39 is 18.0 Å². The molecule has 2 N–H and O–H groups in total. The van der Waals surface area contributed by atoms with Crippen molar-refractivity contribution < 1.29 is 24.6 Å². The number of rotatable bonds is 6. The molecule has 0 aromatic rings. The second-order valence-electron chi connectivity index (χ2n) is 12.4. The van der Waals surface area contributed by atoms with Gasteiger partial charge in [0.05, 0.1) is 12.0 Å². The number of fused-ring (bicyclic) bond motifs is 4. The third-order valence-electron chi connectivity index (χ3n) is 10.7. The number of carbonyl (C=O) groups excluding carboxylic acids is 2. The van der Waals surface area contributed by atoms with Gasteiger partial charge in [-0.1, -0.05) is 39.8 Å². The molecular weight excluding hydrogens is 428 g/mol. The smallest absolute Gasteiger partial charge is 0.310 e. The number of hydrogen-bond donors (Lipinski definition) is 2. The van der Waals surface area contributed by atoms with Crippen LogP contribution in [0.3, 0.4) is 0 Å². The van der Waals surface area contributed by atoms with Gasteiger partial charge in [0.15, 0.2) is 5.78 Å². The molecule has 0 aromatic carbocycles. The molecule has 4 rings (SSSR count). The fourth-order valence-electron chi connectivity index (χ4n) is 8.50. The first kappa shape index (κ1) is 25.3. The van der Waals surface area contributed by atoms with Gasteiger partial charge in [0.2, 0.25) is 0 Å². The molecular formula is C29H42O5. The first-order valence-corrected chi connectivity index (χ1v) is 13.2. The van der Waals surface area contributed by atoms with E-state index in [2.05, 4.69) is 27.4 Å². The largest absolute Gasteiger partial charge is 0.481 e. The van der Waals surface area contributed by atoms with Crippen LogP contribution in [0.4, 0.5) is 0 Å². The molecule has 2 saturated carbocycles. The summed E-state index contributed by atoms with van der Waals surface area (Å²) in [6.45, 7) is 14.3. The van der Waals surface area contributed by atoms with Crippen LogP contribution in [-0.4, -0.2) is 33.9 Å². The molecule has 0 saturated heterocycles. The van der Waals surface area contributed by atoms with Crippen molar-refractivity contribution in [2.45, 2.75) is 92.1 Å². The highest BCUT2D eigenvalue weighted by molar-refractivity contribution is 6.00. The summed E-state index contributed by atoms with van der Waals surface area (Å²) in [6.07, 6.45) is 5.24. The molecule has 1 unspecified atom stereocenters. The molecule has 0 aromatic heterocycles. The molecule has 2 fully saturated rings. The van der Waals surface area contributed by atoms with Crippen molar-refractivity contribution >= 4 is 17.5 Å². The van der Waals surface area contributed by atoms with Crippen molar-refractivity contribution in [2.24, 2.45) is 46.3 Å². The van der Waals surface area contributed by atoms with Crippen LogP contribution in [0.15, 0.2) is 23.3 Å². The first-order chi connectivity index (χ1) is 15.8. The first-order valence-electron chi connectivity index (χ1n) is 13.2. The Labute approximate surface area is 204 Å². The van der Waals surface area contributed by atoms with E-state index in [1.807, 2.05) is 6.92 Å². The fraction of sp³-hybridized carbons (Fsp3) is 0.759. The summed E-state index contributed by atoms with van der Waals surface area (Å²) in [5, 5.41) is 20.6. The molecule has 188 valence electrons. The number of aliphatic hydroxyl groups is 1. The number of aliphatic hydroxyl groups excluding tert-OH is 1. The zero-order valence-corrected chi connectivity index (χ0v) is 21.5. The summed E-state index contributed by atoms with van der Waals surface area (Å²) in [4.78, 5) is 37.6. The highest BCUT2D eigenvalue weighted by Crippen LogP contribution is 2.65. The third-order valence-corrected chi connectivity index (χ3v) is 10.7. The van der Waals surface area contributed by atoms with E-state index in [4.69, 9.17) is 0 Å². The van der Waals surface area contributed by atoms with Gasteiger partial charge in [0.1, 0.15) is 5.78 Å². The number of aliphatic carboxylic acids is 1. The number of allylic oxidation sites excluding steroid dienone is 1. The molecule has 5 nitrogen and oxygen atoms in total. The van der Waals surface area contributed by atoms with Crippen molar-refractivity contribution in [1.29, 1.82) is 0 Å². The minimum atomic E-state index is -0.834. The normalized spacial score (nSPS) is 41.4. The molecule has 0 aliphatic heterocycles. The number of carboxylic acids is 1. The molecule has 5 heteroatoms. The summed E-state index contributed by atoms with van der Waals surface area (Å²) in [5.74, 6) is -0.0967. The lowest BCUT2D eigenvalue weighted by molar-refractivity contribution is -0.140. The van der Waals surface area contributed by atoms with Gasteiger partial charge < -0.3 is 10.2 Å². The van der Waals surface area contributed by atoms with Crippen LogP contribution in [0.5, 0.6) is 0 Å². The number of Topliss-reactive ketones (excluding diaryl/α,β-unsaturated/α-hetero) is 2. The van der Waals surface area contributed by atoms with Gasteiger partial charge >= 0.3 is 5.97 Å². The minimum Gasteiger partial charge on any atom is -0.481 e. The number of ketones is 2. The van der Waals surface area contributed by atoms with Gasteiger partial charge in [-0.3, -0.25) is 14.4 Å². The van der Waals surface area contributed by atoms with E-state index in [-0.39, 0.29) is 40.2 Å². The van der Waals surface area contributed by atoms with Crippen molar-refractivity contribution in [2.75, 3.05) is 0 Å². The molecule has 34 heavy (non-hydrogen) atoms. The summed E-state index contributed by atoms with van der Waals surface area (Å²) >= 11 is 0. The van der Waals surface area contributed by atoms with E-state index in [0.717, 1.165) is 36.0 Å². The Morgan fingerprint density at radius 2 is 1.88 bits per heavy atom. The molecule has 0 spiro atoms. The summed E-state index contributed by atoms with van der Waals surface area (Å²) in [5.41, 5.74) is 2.13. The third kappa shape index (κ3) is 3.73. The number of carboxylic acid groups (broad SMARTS) is 1. The maximum absolute atomic E-state index is 13.8. The summed E-state index contributed by atoms with van der Waals surface area (Å²) in [7, 11) is 0. The standard InChI is InChI=1S/C29H42O5/c1-15(17(3)27(33)34)7-8-16(2)19-9-10-20-25-23(31)13-21-18(4)22(30)11-12-28(21,5)26(25)24(32)14-29(19,20)6/h16-21,23,31H,1,7-14H2,2-6H3,(H,33,34)/t16-,17?,18+,19-,20+,21+,23+,28+,29-/m1/s1. The molecule has 9 atom stereocenters. The zero-order chi connectivity index (χ0) is 25.2. The van der Waals surface area contributed by atoms with Gasteiger partial charge in [0.25, 0.3) is 0 Å². The molecule has 0 bridgehead atoms. The zero-order valence-electron chi connectivity index (χ0n) is 21.5. The van der Waals surface area contributed by atoms with E-state index in [1.54, 1.807) is 6.92 Å². The quantitative estimate of drug-likeness (QED) is 0.509. The van der Waals surface area contributed by atoms with Crippen LogP contribution in [-0.2, 0) is 14.4 Å². The Bertz CT molecular complexity index is 946. The van der Waals surface area contributed by atoms with Gasteiger partial charge in [-0.05, 0) is 80.1 Å². The van der Waals surface area contributed by atoms with Crippen molar-refractivity contribution in [3.05, 3.63) is 23.3 Å². The van der Waals surface area contributed by atoms with Gasteiger partial charge in [0, 0.05) is 29.7 Å². The monoisotopic (exact) mass is 470 g/mol. The van der Waals surface area contributed by atoms with Gasteiger partial charge in [-0.25, -0.2) is 0 Å². The van der Waals surface area contributed by atoms with Gasteiger partial charge in [-0.15, -0.1) is 0 Å². The number of hydrogen-bond acceptors (Lipinski definition) is 4.